The van der Waals surface area contributed by atoms with Crippen LogP contribution in [-0.4, -0.2) is 350 Å². The van der Waals surface area contributed by atoms with Crippen molar-refractivity contribution >= 4 is 0 Å². The summed E-state index contributed by atoms with van der Waals surface area (Å²) in [7, 11) is 17.1. The van der Waals surface area contributed by atoms with Crippen molar-refractivity contribution in [1.29, 1.82) is 0 Å². The molecule has 79 heavy (non-hydrogen) atoms. The van der Waals surface area contributed by atoms with Crippen LogP contribution in [0.3, 0.4) is 0 Å². The number of aliphatic hydroxyl groups is 8. The molecule has 6 heterocycles. The molecule has 0 bridgehead atoms. The first kappa shape index (κ1) is 66.9. The molecule has 1 unspecified atom stereocenters. The Morgan fingerprint density at radius 2 is 0.532 bits per heavy atom. The third kappa shape index (κ3) is 14.7. The maximum Gasteiger partial charge on any atom is 0.187 e. The standard InChI is InChI=1S/C48H86O31/c1-57-15-21-31(76-44-29(55)26(52)25(51)19(13-49)70-44)35(61-5)40(66-10)46(72-21)78-33-23(17-59-3)74-48(42(68-12)37(33)63-7)79-34-24(18-60-4)73-47(41(67-11)38(34)64-8)77-32-22(16-58-2)71-45(39(65-9)36(32)62-6)75-30-20(14-50)69-43(56)28(54)27(30)53/h19-56H,13-18H2,1-12H3/t19-,20-,21-,22-,23-,24-,25-,26+,27-,28-,29-,30-,31-,32-,33-,34-,35+,36+,37+,38+,39-,40-,41-,42-,43?,44+,45+,46+,47+,48+/m1/s1. The molecular weight excluding hydrogens is 1070 g/mol. The number of methoxy groups -OCH3 is 12. The van der Waals surface area contributed by atoms with Crippen LogP contribution in [-0.2, 0) is 109 Å². The third-order valence-electron chi connectivity index (χ3n) is 15.0. The molecule has 0 saturated carbocycles. The summed E-state index contributed by atoms with van der Waals surface area (Å²) in [6.45, 7) is -1.75. The molecule has 464 valence electrons. The van der Waals surface area contributed by atoms with E-state index in [1.165, 1.54) is 85.3 Å². The lowest BCUT2D eigenvalue weighted by atomic mass is 9.94. The molecule has 6 aliphatic rings. The molecule has 0 aliphatic carbocycles. The van der Waals surface area contributed by atoms with Crippen LogP contribution in [0.15, 0.2) is 0 Å². The second-order valence-electron chi connectivity index (χ2n) is 19.5. The summed E-state index contributed by atoms with van der Waals surface area (Å²) < 4.78 is 141. The zero-order valence-electron chi connectivity index (χ0n) is 46.5. The average molecular weight is 1160 g/mol. The second-order valence-corrected chi connectivity index (χ2v) is 19.5. The fourth-order valence-electron chi connectivity index (χ4n) is 11.1. The zero-order valence-corrected chi connectivity index (χ0v) is 46.5. The smallest absolute Gasteiger partial charge is 0.187 e. The Morgan fingerprint density at radius 1 is 0.253 bits per heavy atom. The van der Waals surface area contributed by atoms with E-state index in [0.717, 1.165) is 0 Å². The Labute approximate surface area is 458 Å². The fourth-order valence-corrected chi connectivity index (χ4v) is 11.1. The van der Waals surface area contributed by atoms with Gasteiger partial charge in [0.05, 0.1) is 39.6 Å². The molecule has 0 radical (unpaired) electrons. The summed E-state index contributed by atoms with van der Waals surface area (Å²) in [5, 5.41) is 83.2. The molecule has 8 N–H and O–H groups in total. The average Bonchev–Trinajstić information content (AvgIpc) is 3.54. The molecule has 0 amide bonds. The van der Waals surface area contributed by atoms with Crippen molar-refractivity contribution in [2.75, 3.05) is 125 Å². The lowest BCUT2D eigenvalue weighted by Gasteiger charge is -2.52. The topological polar surface area (TPSA) is 374 Å². The largest absolute Gasteiger partial charge is 0.394 e. The summed E-state index contributed by atoms with van der Waals surface area (Å²) in [5.41, 5.74) is 0. The molecule has 31 heteroatoms. The van der Waals surface area contributed by atoms with Crippen LogP contribution >= 0.6 is 0 Å². The molecule has 6 rings (SSSR count). The monoisotopic (exact) mass is 1160 g/mol. The number of hydrogen-bond acceptors (Lipinski definition) is 31. The van der Waals surface area contributed by atoms with E-state index in [0.29, 0.717) is 0 Å². The minimum Gasteiger partial charge on any atom is -0.394 e. The Hall–Kier alpha value is -1.24. The molecule has 0 spiro atoms. The first-order valence-corrected chi connectivity index (χ1v) is 25.8. The number of ether oxygens (including phenoxy) is 23. The van der Waals surface area contributed by atoms with Gasteiger partial charge in [-0.3, -0.25) is 0 Å². The summed E-state index contributed by atoms with van der Waals surface area (Å²) in [4.78, 5) is 0. The molecular formula is C48H86O31. The van der Waals surface area contributed by atoms with E-state index in [2.05, 4.69) is 0 Å². The van der Waals surface area contributed by atoms with Crippen molar-refractivity contribution < 1.29 is 150 Å². The highest BCUT2D eigenvalue weighted by Crippen LogP contribution is 2.40. The van der Waals surface area contributed by atoms with Crippen LogP contribution in [0, 0.1) is 0 Å². The summed E-state index contributed by atoms with van der Waals surface area (Å²) in [6, 6.07) is 0. The van der Waals surface area contributed by atoms with Gasteiger partial charge in [-0.05, 0) is 0 Å². The van der Waals surface area contributed by atoms with E-state index in [9.17, 15) is 40.9 Å². The lowest BCUT2D eigenvalue weighted by Crippen LogP contribution is -2.69. The van der Waals surface area contributed by atoms with Gasteiger partial charge in [0, 0.05) is 85.3 Å². The predicted octanol–water partition coefficient (Wildman–Crippen LogP) is -6.25. The predicted molar refractivity (Wildman–Crippen MR) is 257 cm³/mol. The number of rotatable bonds is 28. The van der Waals surface area contributed by atoms with Gasteiger partial charge in [-0.1, -0.05) is 0 Å². The third-order valence-corrected chi connectivity index (χ3v) is 15.0. The van der Waals surface area contributed by atoms with Crippen molar-refractivity contribution in [2.45, 2.75) is 184 Å². The zero-order chi connectivity index (χ0) is 57.8. The molecule has 30 atom stereocenters. The molecule has 0 aromatic carbocycles. The Kier molecular flexibility index (Phi) is 26.9. The number of aliphatic hydroxyl groups excluding tert-OH is 8. The lowest BCUT2D eigenvalue weighted by molar-refractivity contribution is -0.401. The molecule has 0 aromatic rings. The van der Waals surface area contributed by atoms with Gasteiger partial charge in [0.2, 0.25) is 0 Å². The first-order chi connectivity index (χ1) is 38.1. The van der Waals surface area contributed by atoms with Crippen LogP contribution in [0.5, 0.6) is 0 Å². The normalized spacial score (nSPS) is 47.1. The van der Waals surface area contributed by atoms with Gasteiger partial charge in [0.25, 0.3) is 0 Å². The highest BCUT2D eigenvalue weighted by molar-refractivity contribution is 5.02. The van der Waals surface area contributed by atoms with Gasteiger partial charge in [-0.15, -0.1) is 0 Å². The van der Waals surface area contributed by atoms with Crippen molar-refractivity contribution in [3.05, 3.63) is 0 Å². The Bertz CT molecular complexity index is 1710. The van der Waals surface area contributed by atoms with Gasteiger partial charge >= 0.3 is 0 Å². The molecule has 6 saturated heterocycles. The Balaban J connectivity index is 1.23. The maximum absolute atomic E-state index is 10.9. The van der Waals surface area contributed by atoms with Crippen molar-refractivity contribution in [1.82, 2.24) is 0 Å². The molecule has 31 nitrogen and oxygen atoms in total. The summed E-state index contributed by atoms with van der Waals surface area (Å²) in [5.74, 6) is 0. The highest BCUT2D eigenvalue weighted by Gasteiger charge is 2.59. The van der Waals surface area contributed by atoms with E-state index < -0.39 is 197 Å². The number of hydrogen-bond donors (Lipinski definition) is 8. The van der Waals surface area contributed by atoms with Gasteiger partial charge in [-0.2, -0.15) is 0 Å². The first-order valence-electron chi connectivity index (χ1n) is 25.8. The van der Waals surface area contributed by atoms with Crippen LogP contribution in [0.1, 0.15) is 0 Å². The van der Waals surface area contributed by atoms with Crippen molar-refractivity contribution in [3.63, 3.8) is 0 Å². The van der Waals surface area contributed by atoms with E-state index in [1.54, 1.807) is 0 Å². The van der Waals surface area contributed by atoms with Crippen molar-refractivity contribution in [3.8, 4) is 0 Å². The quantitative estimate of drug-likeness (QED) is 0.0361. The molecule has 0 aromatic heterocycles. The summed E-state index contributed by atoms with van der Waals surface area (Å²) >= 11 is 0. The van der Waals surface area contributed by atoms with Gasteiger partial charge < -0.3 is 150 Å². The van der Waals surface area contributed by atoms with E-state index in [4.69, 9.17) is 109 Å². The SMILES string of the molecule is COC[C@H]1O[C@@H](O[C@H]2[C@H](OC)[C@@H](OC)[C@H](O[C@H]3[C@H](OC)[C@@H](OC)[C@H](O[C@H]4[C@H](OC)[C@@H](OC)[C@H](O[C@H]5[C@H](O)[C@@H](O)C(O)O[C@@H]5CO)O[C@@H]4COC)O[C@@H]3COC)O[C@@H]2COC)[C@H](OC)[C@@H](OC)[C@@H]1O[C@@H]1O[C@H](CO)[C@@H](O)[C@H](O)[C@H]1O. The highest BCUT2D eigenvalue weighted by atomic mass is 16.8. The molecule has 6 aliphatic heterocycles. The minimum atomic E-state index is -1.79. The van der Waals surface area contributed by atoms with Gasteiger partial charge in [0.15, 0.2) is 37.7 Å². The van der Waals surface area contributed by atoms with Crippen LogP contribution in [0.4, 0.5) is 0 Å². The van der Waals surface area contributed by atoms with Crippen LogP contribution in [0.25, 0.3) is 0 Å². The Morgan fingerprint density at radius 3 is 0.810 bits per heavy atom. The fraction of sp³-hybridized carbons (Fsp3) is 1.00. The molecule has 6 fully saturated rings. The van der Waals surface area contributed by atoms with Crippen LogP contribution in [0.2, 0.25) is 0 Å². The van der Waals surface area contributed by atoms with Gasteiger partial charge in [0.1, 0.15) is 146 Å². The van der Waals surface area contributed by atoms with E-state index in [1.807, 2.05) is 0 Å². The van der Waals surface area contributed by atoms with Crippen molar-refractivity contribution in [2.24, 2.45) is 0 Å². The van der Waals surface area contributed by atoms with Crippen LogP contribution < -0.4 is 0 Å². The second kappa shape index (κ2) is 31.8. The maximum atomic E-state index is 10.9. The minimum absolute atomic E-state index is 0.0839. The van der Waals surface area contributed by atoms with Gasteiger partial charge in [-0.25, -0.2) is 0 Å². The van der Waals surface area contributed by atoms with E-state index >= 15 is 0 Å². The summed E-state index contributed by atoms with van der Waals surface area (Å²) in [6.07, 6.45) is -37.5. The van der Waals surface area contributed by atoms with E-state index in [-0.39, 0.29) is 26.4 Å².